The highest BCUT2D eigenvalue weighted by molar-refractivity contribution is 6.34. The summed E-state index contributed by atoms with van der Waals surface area (Å²) in [5, 5.41) is 3.14. The molecule has 0 fully saturated rings. The molecular weight excluding hydrogens is 274 g/mol. The number of nitrogens with one attached hydrogen (secondary N) is 1. The van der Waals surface area contributed by atoms with Crippen LogP contribution in [0.1, 0.15) is 10.4 Å². The molecule has 0 atom stereocenters. The van der Waals surface area contributed by atoms with Crippen molar-refractivity contribution in [1.29, 1.82) is 0 Å². The molecule has 0 spiro atoms. The quantitative estimate of drug-likeness (QED) is 0.853. The van der Waals surface area contributed by atoms with Gasteiger partial charge < -0.3 is 16.0 Å². The van der Waals surface area contributed by atoms with E-state index in [2.05, 4.69) is 5.32 Å². The van der Waals surface area contributed by atoms with Crippen molar-refractivity contribution in [2.75, 3.05) is 30.0 Å². The number of nitrogens with zero attached hydrogens (tertiary/aromatic N) is 1. The number of carbonyl (C=O) groups is 1. The molecule has 0 saturated heterocycles. The molecule has 2 aromatic carbocycles. The highest BCUT2D eigenvalue weighted by atomic mass is 35.5. The first kappa shape index (κ1) is 14.2. The van der Waals surface area contributed by atoms with E-state index in [1.165, 1.54) is 0 Å². The van der Waals surface area contributed by atoms with Crippen molar-refractivity contribution in [3.8, 4) is 0 Å². The second-order valence-corrected chi connectivity index (χ2v) is 5.04. The van der Waals surface area contributed by atoms with E-state index in [1.807, 2.05) is 43.3 Å². The fourth-order valence-corrected chi connectivity index (χ4v) is 2.03. The van der Waals surface area contributed by atoms with E-state index in [0.717, 1.165) is 5.69 Å². The number of nitrogens with two attached hydrogens (primary N) is 1. The maximum absolute atomic E-state index is 12.1. The molecule has 3 N–H and O–H groups in total. The molecule has 0 saturated carbocycles. The molecule has 2 aromatic rings. The highest BCUT2D eigenvalue weighted by Gasteiger charge is 2.10. The Bertz CT molecular complexity index is 624. The zero-order valence-electron chi connectivity index (χ0n) is 11.4. The number of amides is 1. The predicted molar refractivity (Wildman–Crippen MR) is 84.6 cm³/mol. The minimum Gasteiger partial charge on any atom is -0.399 e. The van der Waals surface area contributed by atoms with Gasteiger partial charge in [-0.25, -0.2) is 0 Å². The van der Waals surface area contributed by atoms with Crippen LogP contribution in [0.4, 0.5) is 17.1 Å². The molecule has 2 rings (SSSR count). The molecule has 0 radical (unpaired) electrons. The van der Waals surface area contributed by atoms with Crippen LogP contribution in [0.25, 0.3) is 0 Å². The molecule has 0 aliphatic rings. The molecule has 0 aliphatic heterocycles. The van der Waals surface area contributed by atoms with E-state index in [0.29, 0.717) is 22.0 Å². The number of hydrogen-bond acceptors (Lipinski definition) is 3. The van der Waals surface area contributed by atoms with Gasteiger partial charge in [-0.15, -0.1) is 0 Å². The zero-order valence-corrected chi connectivity index (χ0v) is 12.1. The van der Waals surface area contributed by atoms with Gasteiger partial charge in [-0.05, 0) is 42.5 Å². The van der Waals surface area contributed by atoms with Gasteiger partial charge in [-0.2, -0.15) is 0 Å². The van der Waals surface area contributed by atoms with Crippen LogP contribution in [-0.2, 0) is 0 Å². The SMILES string of the molecule is CN(C)c1ccc(NC(=O)c2ccc(N)cc2Cl)cc1. The number of hydrogen-bond donors (Lipinski definition) is 2. The van der Waals surface area contributed by atoms with Gasteiger partial charge in [0.15, 0.2) is 0 Å². The fraction of sp³-hybridized carbons (Fsp3) is 0.133. The molecule has 20 heavy (non-hydrogen) atoms. The molecule has 0 aromatic heterocycles. The van der Waals surface area contributed by atoms with Crippen molar-refractivity contribution >= 4 is 34.6 Å². The summed E-state index contributed by atoms with van der Waals surface area (Å²) in [6.45, 7) is 0. The second kappa shape index (κ2) is 5.84. The summed E-state index contributed by atoms with van der Waals surface area (Å²) < 4.78 is 0. The third-order valence-electron chi connectivity index (χ3n) is 2.88. The topological polar surface area (TPSA) is 58.4 Å². The zero-order chi connectivity index (χ0) is 14.7. The van der Waals surface area contributed by atoms with Gasteiger partial charge in [-0.3, -0.25) is 4.79 Å². The Morgan fingerprint density at radius 3 is 2.35 bits per heavy atom. The molecule has 5 heteroatoms. The first-order valence-electron chi connectivity index (χ1n) is 6.11. The molecule has 1 amide bonds. The van der Waals surface area contributed by atoms with Crippen molar-refractivity contribution in [1.82, 2.24) is 0 Å². The van der Waals surface area contributed by atoms with Crippen LogP contribution in [0.15, 0.2) is 42.5 Å². The van der Waals surface area contributed by atoms with Gasteiger partial charge in [0, 0.05) is 31.2 Å². The Kier molecular flexibility index (Phi) is 4.15. The minimum atomic E-state index is -0.257. The Hall–Kier alpha value is -2.20. The standard InChI is InChI=1S/C15H16ClN3O/c1-19(2)12-6-4-11(5-7-12)18-15(20)13-8-3-10(17)9-14(13)16/h3-9H,17H2,1-2H3,(H,18,20). The average Bonchev–Trinajstić information content (AvgIpc) is 2.39. The number of carbonyl (C=O) groups excluding carboxylic acids is 1. The Balaban J connectivity index is 2.15. The lowest BCUT2D eigenvalue weighted by Gasteiger charge is -2.13. The average molecular weight is 290 g/mol. The van der Waals surface area contributed by atoms with Gasteiger partial charge >= 0.3 is 0 Å². The molecule has 104 valence electrons. The summed E-state index contributed by atoms with van der Waals surface area (Å²) in [6.07, 6.45) is 0. The third kappa shape index (κ3) is 3.22. The number of halogens is 1. The van der Waals surface area contributed by atoms with E-state index in [9.17, 15) is 4.79 Å². The van der Waals surface area contributed by atoms with Gasteiger partial charge in [0.2, 0.25) is 0 Å². The van der Waals surface area contributed by atoms with Crippen molar-refractivity contribution in [3.05, 3.63) is 53.1 Å². The van der Waals surface area contributed by atoms with Crippen molar-refractivity contribution in [3.63, 3.8) is 0 Å². The smallest absolute Gasteiger partial charge is 0.257 e. The summed E-state index contributed by atoms with van der Waals surface area (Å²) in [5.41, 5.74) is 8.31. The van der Waals surface area contributed by atoms with E-state index >= 15 is 0 Å². The summed E-state index contributed by atoms with van der Waals surface area (Å²) >= 11 is 6.01. The van der Waals surface area contributed by atoms with Crippen LogP contribution in [0.5, 0.6) is 0 Å². The fourth-order valence-electron chi connectivity index (χ4n) is 1.76. The van der Waals surface area contributed by atoms with Gasteiger partial charge in [0.1, 0.15) is 0 Å². The largest absolute Gasteiger partial charge is 0.399 e. The van der Waals surface area contributed by atoms with E-state index in [1.54, 1.807) is 18.2 Å². The highest BCUT2D eigenvalue weighted by Crippen LogP contribution is 2.21. The summed E-state index contributed by atoms with van der Waals surface area (Å²) in [5.74, 6) is -0.257. The van der Waals surface area contributed by atoms with Crippen LogP contribution >= 0.6 is 11.6 Å². The first-order chi connectivity index (χ1) is 9.47. The number of rotatable bonds is 3. The molecular formula is C15H16ClN3O. The third-order valence-corrected chi connectivity index (χ3v) is 3.19. The Morgan fingerprint density at radius 2 is 1.80 bits per heavy atom. The van der Waals surface area contributed by atoms with Gasteiger partial charge in [-0.1, -0.05) is 11.6 Å². The van der Waals surface area contributed by atoms with Crippen LogP contribution in [0.2, 0.25) is 5.02 Å². The molecule has 0 unspecified atom stereocenters. The van der Waals surface area contributed by atoms with Crippen LogP contribution in [0, 0.1) is 0 Å². The van der Waals surface area contributed by atoms with Crippen LogP contribution in [-0.4, -0.2) is 20.0 Å². The van der Waals surface area contributed by atoms with E-state index in [4.69, 9.17) is 17.3 Å². The monoisotopic (exact) mass is 289 g/mol. The maximum Gasteiger partial charge on any atom is 0.257 e. The van der Waals surface area contributed by atoms with E-state index in [-0.39, 0.29) is 5.91 Å². The van der Waals surface area contributed by atoms with E-state index < -0.39 is 0 Å². The number of benzene rings is 2. The number of anilines is 3. The van der Waals surface area contributed by atoms with Crippen LogP contribution in [0.3, 0.4) is 0 Å². The second-order valence-electron chi connectivity index (χ2n) is 4.63. The lowest BCUT2D eigenvalue weighted by Crippen LogP contribution is -2.13. The maximum atomic E-state index is 12.1. The van der Waals surface area contributed by atoms with Crippen molar-refractivity contribution < 1.29 is 4.79 Å². The van der Waals surface area contributed by atoms with Gasteiger partial charge in [0.05, 0.1) is 10.6 Å². The Labute approximate surface area is 123 Å². The normalized spacial score (nSPS) is 10.2. The lowest BCUT2D eigenvalue weighted by molar-refractivity contribution is 0.102. The summed E-state index contributed by atoms with van der Waals surface area (Å²) in [7, 11) is 3.92. The molecule has 0 aliphatic carbocycles. The van der Waals surface area contributed by atoms with Crippen molar-refractivity contribution in [2.45, 2.75) is 0 Å². The first-order valence-corrected chi connectivity index (χ1v) is 6.49. The summed E-state index contributed by atoms with van der Waals surface area (Å²) in [4.78, 5) is 14.1. The van der Waals surface area contributed by atoms with Crippen molar-refractivity contribution in [2.24, 2.45) is 0 Å². The lowest BCUT2D eigenvalue weighted by atomic mass is 10.2. The summed E-state index contributed by atoms with van der Waals surface area (Å²) in [6, 6.07) is 12.4. The molecule has 0 bridgehead atoms. The minimum absolute atomic E-state index is 0.257. The predicted octanol–water partition coefficient (Wildman–Crippen LogP) is 3.24. The van der Waals surface area contributed by atoms with Crippen LogP contribution < -0.4 is 16.0 Å². The Morgan fingerprint density at radius 1 is 1.15 bits per heavy atom. The number of nitrogen functional groups attached to an aromatic ring is 1. The van der Waals surface area contributed by atoms with Gasteiger partial charge in [0.25, 0.3) is 5.91 Å². The molecule has 0 heterocycles. The molecule has 4 nitrogen and oxygen atoms in total.